The molecule has 0 saturated heterocycles. The largest absolute Gasteiger partial charge is 0.493 e. The second-order valence-corrected chi connectivity index (χ2v) is 5.70. The van der Waals surface area contributed by atoms with E-state index in [0.717, 1.165) is 0 Å². The summed E-state index contributed by atoms with van der Waals surface area (Å²) < 4.78 is 21.5. The maximum Gasteiger partial charge on any atom is 0.306 e. The van der Waals surface area contributed by atoms with Gasteiger partial charge >= 0.3 is 5.97 Å². The number of ether oxygens (including phenoxy) is 4. The van der Waals surface area contributed by atoms with Gasteiger partial charge in [0.15, 0.2) is 11.5 Å². The number of H-pyrrole nitrogens is 2. The van der Waals surface area contributed by atoms with E-state index >= 15 is 0 Å². The second-order valence-electron chi connectivity index (χ2n) is 5.70. The molecule has 0 spiro atoms. The van der Waals surface area contributed by atoms with E-state index < -0.39 is 11.9 Å². The van der Waals surface area contributed by atoms with Gasteiger partial charge in [0, 0.05) is 17.2 Å². The Bertz CT molecular complexity index is 821. The SMILES string of the molecule is COC(=O)C[C@H](c1cc(OC)c2c(c1)OCCO2)c1c(C)[nH][nH]c1=O. The lowest BCUT2D eigenvalue weighted by atomic mass is 9.88. The number of nitrogens with one attached hydrogen (secondary N) is 2. The number of hydrogen-bond donors (Lipinski definition) is 2. The minimum atomic E-state index is -0.507. The third-order valence-electron chi connectivity index (χ3n) is 4.21. The van der Waals surface area contributed by atoms with Crippen molar-refractivity contribution in [2.75, 3.05) is 27.4 Å². The van der Waals surface area contributed by atoms with Crippen LogP contribution >= 0.6 is 0 Å². The van der Waals surface area contributed by atoms with Gasteiger partial charge in [-0.25, -0.2) is 0 Å². The van der Waals surface area contributed by atoms with Gasteiger partial charge in [-0.1, -0.05) is 0 Å². The van der Waals surface area contributed by atoms with Gasteiger partial charge in [-0.15, -0.1) is 0 Å². The molecule has 134 valence electrons. The van der Waals surface area contributed by atoms with Crippen LogP contribution in [0.4, 0.5) is 0 Å². The molecule has 0 radical (unpaired) electrons. The number of rotatable bonds is 5. The highest BCUT2D eigenvalue weighted by Gasteiger charge is 2.28. The number of benzene rings is 1. The molecule has 8 nitrogen and oxygen atoms in total. The molecule has 1 aliphatic rings. The summed E-state index contributed by atoms with van der Waals surface area (Å²) in [7, 11) is 2.85. The minimum absolute atomic E-state index is 0.0150. The van der Waals surface area contributed by atoms with E-state index in [4.69, 9.17) is 18.9 Å². The Morgan fingerprint density at radius 2 is 2.00 bits per heavy atom. The highest BCUT2D eigenvalue weighted by molar-refractivity contribution is 5.72. The molecule has 1 aromatic heterocycles. The lowest BCUT2D eigenvalue weighted by Gasteiger charge is -2.23. The Labute approximate surface area is 144 Å². The number of esters is 1. The number of carbonyl (C=O) groups excluding carboxylic acids is 1. The monoisotopic (exact) mass is 348 g/mol. The minimum Gasteiger partial charge on any atom is -0.493 e. The van der Waals surface area contributed by atoms with Gasteiger partial charge in [0.1, 0.15) is 13.2 Å². The summed E-state index contributed by atoms with van der Waals surface area (Å²) in [6.07, 6.45) is 0.0150. The Hall–Kier alpha value is -2.90. The van der Waals surface area contributed by atoms with Crippen LogP contribution in [0.2, 0.25) is 0 Å². The molecule has 1 aliphatic heterocycles. The van der Waals surface area contributed by atoms with Crippen molar-refractivity contribution in [3.63, 3.8) is 0 Å². The van der Waals surface area contributed by atoms with Crippen molar-refractivity contribution in [2.45, 2.75) is 19.3 Å². The van der Waals surface area contributed by atoms with E-state index in [-0.39, 0.29) is 12.0 Å². The molecule has 8 heteroatoms. The van der Waals surface area contributed by atoms with Crippen molar-refractivity contribution in [3.05, 3.63) is 39.3 Å². The summed E-state index contributed by atoms with van der Waals surface area (Å²) in [5.41, 5.74) is 1.57. The first kappa shape index (κ1) is 16.9. The maximum atomic E-state index is 12.2. The molecule has 2 aromatic rings. The van der Waals surface area contributed by atoms with Gasteiger partial charge in [-0.3, -0.25) is 14.7 Å². The molecule has 2 heterocycles. The third kappa shape index (κ3) is 3.19. The summed E-state index contributed by atoms with van der Waals surface area (Å²) in [5, 5.41) is 5.34. The smallest absolute Gasteiger partial charge is 0.306 e. The Morgan fingerprint density at radius 3 is 2.64 bits per heavy atom. The van der Waals surface area contributed by atoms with E-state index in [0.29, 0.717) is 47.3 Å². The predicted molar refractivity (Wildman–Crippen MR) is 88.6 cm³/mol. The molecule has 1 aromatic carbocycles. The van der Waals surface area contributed by atoms with Crippen LogP contribution in [-0.2, 0) is 9.53 Å². The molecular formula is C17H20N2O6. The van der Waals surface area contributed by atoms with Crippen molar-refractivity contribution in [3.8, 4) is 17.2 Å². The number of methoxy groups -OCH3 is 2. The molecule has 2 N–H and O–H groups in total. The topological polar surface area (TPSA) is 103 Å². The van der Waals surface area contributed by atoms with E-state index in [2.05, 4.69) is 10.2 Å². The molecule has 1 atom stereocenters. The fraction of sp³-hybridized carbons (Fsp3) is 0.412. The van der Waals surface area contributed by atoms with Gasteiger partial charge in [-0.2, -0.15) is 0 Å². The highest BCUT2D eigenvalue weighted by atomic mass is 16.6. The molecule has 3 rings (SSSR count). The number of aromatic nitrogens is 2. The first-order valence-corrected chi connectivity index (χ1v) is 7.86. The van der Waals surface area contributed by atoms with Gasteiger partial charge in [0.05, 0.1) is 20.6 Å². The zero-order valence-electron chi connectivity index (χ0n) is 14.3. The van der Waals surface area contributed by atoms with E-state index in [1.807, 2.05) is 0 Å². The number of carbonyl (C=O) groups is 1. The summed E-state index contributed by atoms with van der Waals surface area (Å²) in [5.74, 6) is 0.617. The van der Waals surface area contributed by atoms with Crippen LogP contribution in [0.15, 0.2) is 16.9 Å². The third-order valence-corrected chi connectivity index (χ3v) is 4.21. The van der Waals surface area contributed by atoms with Crippen molar-refractivity contribution in [1.82, 2.24) is 10.2 Å². The first-order valence-electron chi connectivity index (χ1n) is 7.86. The van der Waals surface area contributed by atoms with Gasteiger partial charge in [-0.05, 0) is 24.6 Å². The van der Waals surface area contributed by atoms with Crippen LogP contribution in [0.25, 0.3) is 0 Å². The summed E-state index contributed by atoms with van der Waals surface area (Å²) >= 11 is 0. The van der Waals surface area contributed by atoms with Crippen LogP contribution in [-0.4, -0.2) is 43.6 Å². The molecule has 0 amide bonds. The molecular weight excluding hydrogens is 328 g/mol. The van der Waals surface area contributed by atoms with Crippen molar-refractivity contribution in [2.24, 2.45) is 0 Å². The number of fused-ring (bicyclic) bond motifs is 1. The average Bonchev–Trinajstić information content (AvgIpc) is 2.96. The van der Waals surface area contributed by atoms with E-state index in [1.54, 1.807) is 19.1 Å². The van der Waals surface area contributed by atoms with Crippen LogP contribution in [0.5, 0.6) is 17.2 Å². The fourth-order valence-corrected chi connectivity index (χ4v) is 3.01. The molecule has 0 bridgehead atoms. The normalized spacial score (nSPS) is 14.0. The van der Waals surface area contributed by atoms with Crippen LogP contribution < -0.4 is 19.8 Å². The van der Waals surface area contributed by atoms with Crippen molar-refractivity contribution < 1.29 is 23.7 Å². The first-order chi connectivity index (χ1) is 12.0. The van der Waals surface area contributed by atoms with Gasteiger partial charge in [0.2, 0.25) is 5.75 Å². The zero-order valence-corrected chi connectivity index (χ0v) is 14.3. The summed E-state index contributed by atoms with van der Waals surface area (Å²) in [4.78, 5) is 24.2. The van der Waals surface area contributed by atoms with Crippen LogP contribution in [0.1, 0.15) is 29.2 Å². The summed E-state index contributed by atoms with van der Waals surface area (Å²) in [6.45, 7) is 2.63. The van der Waals surface area contributed by atoms with Crippen LogP contribution in [0, 0.1) is 6.92 Å². The van der Waals surface area contributed by atoms with Gasteiger partial charge in [0.25, 0.3) is 5.56 Å². The van der Waals surface area contributed by atoms with E-state index in [9.17, 15) is 9.59 Å². The Morgan fingerprint density at radius 1 is 1.24 bits per heavy atom. The molecule has 0 saturated carbocycles. The quantitative estimate of drug-likeness (QED) is 0.794. The number of aromatic amines is 2. The number of aryl methyl sites for hydroxylation is 1. The Balaban J connectivity index is 2.13. The van der Waals surface area contributed by atoms with Crippen molar-refractivity contribution in [1.29, 1.82) is 0 Å². The lowest BCUT2D eigenvalue weighted by molar-refractivity contribution is -0.140. The fourth-order valence-electron chi connectivity index (χ4n) is 3.01. The molecule has 0 unspecified atom stereocenters. The average molecular weight is 348 g/mol. The zero-order chi connectivity index (χ0) is 18.0. The van der Waals surface area contributed by atoms with E-state index in [1.165, 1.54) is 14.2 Å². The van der Waals surface area contributed by atoms with Crippen LogP contribution in [0.3, 0.4) is 0 Å². The summed E-state index contributed by atoms with van der Waals surface area (Å²) in [6, 6.07) is 3.53. The predicted octanol–water partition coefficient (Wildman–Crippen LogP) is 1.49. The maximum absolute atomic E-state index is 12.2. The molecule has 25 heavy (non-hydrogen) atoms. The highest BCUT2D eigenvalue weighted by Crippen LogP contribution is 2.43. The van der Waals surface area contributed by atoms with Crippen molar-refractivity contribution >= 4 is 5.97 Å². The lowest BCUT2D eigenvalue weighted by Crippen LogP contribution is -2.19. The number of hydrogen-bond acceptors (Lipinski definition) is 6. The molecule has 0 fully saturated rings. The standard InChI is InChI=1S/C17H20N2O6/c1-9-15(17(21)19-18-9)11(8-14(20)23-3)10-6-12(22-2)16-13(7-10)24-4-5-25-16/h6-7,11H,4-5,8H2,1-3H3,(H2,18,19,21)/t11-/m1/s1. The molecule has 0 aliphatic carbocycles. The second kappa shape index (κ2) is 6.92. The Kier molecular flexibility index (Phi) is 4.69. The van der Waals surface area contributed by atoms with Gasteiger partial charge < -0.3 is 24.0 Å².